The molecular formula is C15H18F3NO3. The lowest BCUT2D eigenvalue weighted by Gasteiger charge is -2.33. The van der Waals surface area contributed by atoms with E-state index < -0.39 is 17.8 Å². The lowest BCUT2D eigenvalue weighted by atomic mass is 10.1. The molecule has 122 valence electrons. The molecule has 1 saturated heterocycles. The van der Waals surface area contributed by atoms with Crippen LogP contribution < -0.4 is 0 Å². The topological polar surface area (TPSA) is 38.8 Å². The Labute approximate surface area is 126 Å². The van der Waals surface area contributed by atoms with Crippen LogP contribution in [-0.2, 0) is 20.4 Å². The summed E-state index contributed by atoms with van der Waals surface area (Å²) in [4.78, 5) is 13.5. The number of ether oxygens (including phenoxy) is 2. The maximum atomic E-state index is 12.6. The number of carbonyl (C=O) groups is 1. The zero-order valence-corrected chi connectivity index (χ0v) is 12.2. The molecule has 0 radical (unpaired) electrons. The summed E-state index contributed by atoms with van der Waals surface area (Å²) in [6, 6.07) is 4.84. The molecule has 1 aromatic carbocycles. The van der Waals surface area contributed by atoms with Crippen LogP contribution in [0.4, 0.5) is 13.2 Å². The molecular weight excluding hydrogens is 299 g/mol. The smallest absolute Gasteiger partial charge is 0.372 e. The van der Waals surface area contributed by atoms with Crippen molar-refractivity contribution >= 4 is 5.91 Å². The van der Waals surface area contributed by atoms with Gasteiger partial charge in [0.25, 0.3) is 0 Å². The normalized spacial score (nSPS) is 19.3. The monoisotopic (exact) mass is 317 g/mol. The number of amides is 1. The fourth-order valence-electron chi connectivity index (χ4n) is 2.24. The minimum absolute atomic E-state index is 0.0102. The molecule has 0 unspecified atom stereocenters. The summed E-state index contributed by atoms with van der Waals surface area (Å²) in [5.74, 6) is -0.137. The van der Waals surface area contributed by atoms with E-state index in [1.807, 2.05) is 0 Å². The Morgan fingerprint density at radius 1 is 1.36 bits per heavy atom. The van der Waals surface area contributed by atoms with Gasteiger partial charge in [-0.25, -0.2) is 0 Å². The summed E-state index contributed by atoms with van der Waals surface area (Å²) in [5.41, 5.74) is -0.0711. The summed E-state index contributed by atoms with van der Waals surface area (Å²) in [6.07, 6.45) is -4.77. The van der Waals surface area contributed by atoms with Gasteiger partial charge in [-0.3, -0.25) is 4.79 Å². The number of carbonyl (C=O) groups excluding carboxylic acids is 1. The van der Waals surface area contributed by atoms with Gasteiger partial charge in [-0.05, 0) is 24.6 Å². The number of benzene rings is 1. The molecule has 1 aromatic rings. The van der Waals surface area contributed by atoms with Gasteiger partial charge in [0.2, 0.25) is 5.91 Å². The zero-order valence-electron chi connectivity index (χ0n) is 12.2. The van der Waals surface area contributed by atoms with Gasteiger partial charge < -0.3 is 14.4 Å². The second-order valence-corrected chi connectivity index (χ2v) is 4.96. The average Bonchev–Trinajstić information content (AvgIpc) is 2.52. The third kappa shape index (κ3) is 4.20. The van der Waals surface area contributed by atoms with E-state index in [2.05, 4.69) is 0 Å². The Kier molecular flexibility index (Phi) is 5.42. The molecule has 1 atom stereocenters. The average molecular weight is 317 g/mol. The first-order valence-electron chi connectivity index (χ1n) is 7.06. The van der Waals surface area contributed by atoms with Crippen molar-refractivity contribution in [3.05, 3.63) is 35.4 Å². The highest BCUT2D eigenvalue weighted by molar-refractivity contribution is 5.77. The van der Waals surface area contributed by atoms with Crippen LogP contribution in [0.2, 0.25) is 0 Å². The second-order valence-electron chi connectivity index (χ2n) is 4.96. The first kappa shape index (κ1) is 16.8. The van der Waals surface area contributed by atoms with E-state index in [0.717, 1.165) is 12.1 Å². The standard InChI is InChI=1S/C15H18F3NO3/c1-2-21-10-14(20)19-7-8-22-13(9-19)11-3-5-12(6-4-11)15(16,17)18/h3-6,13H,2,7-10H2,1H3/t13-/m1/s1. The molecule has 0 spiro atoms. The van der Waals surface area contributed by atoms with Gasteiger partial charge in [-0.15, -0.1) is 0 Å². The van der Waals surface area contributed by atoms with Crippen molar-refractivity contribution in [3.63, 3.8) is 0 Å². The predicted octanol–water partition coefficient (Wildman–Crippen LogP) is 2.64. The third-order valence-electron chi connectivity index (χ3n) is 3.46. The second kappa shape index (κ2) is 7.11. The zero-order chi connectivity index (χ0) is 16.2. The van der Waals surface area contributed by atoms with Crippen molar-refractivity contribution in [1.29, 1.82) is 0 Å². The Morgan fingerprint density at radius 3 is 2.64 bits per heavy atom. The predicted molar refractivity (Wildman–Crippen MR) is 73.2 cm³/mol. The Bertz CT molecular complexity index is 502. The molecule has 22 heavy (non-hydrogen) atoms. The van der Waals surface area contributed by atoms with Crippen molar-refractivity contribution in [1.82, 2.24) is 4.90 Å². The molecule has 4 nitrogen and oxygen atoms in total. The number of rotatable bonds is 4. The summed E-state index contributed by atoms with van der Waals surface area (Å²) >= 11 is 0. The van der Waals surface area contributed by atoms with Crippen LogP contribution in [0.15, 0.2) is 24.3 Å². The van der Waals surface area contributed by atoms with Gasteiger partial charge in [0, 0.05) is 13.2 Å². The van der Waals surface area contributed by atoms with Crippen molar-refractivity contribution < 1.29 is 27.4 Å². The molecule has 0 saturated carbocycles. The number of halogens is 3. The van der Waals surface area contributed by atoms with Gasteiger partial charge in [0.05, 0.1) is 18.7 Å². The van der Waals surface area contributed by atoms with Crippen molar-refractivity contribution in [2.45, 2.75) is 19.2 Å². The van der Waals surface area contributed by atoms with E-state index in [0.29, 0.717) is 31.9 Å². The Balaban J connectivity index is 2.01. The van der Waals surface area contributed by atoms with Gasteiger partial charge in [-0.1, -0.05) is 12.1 Å². The largest absolute Gasteiger partial charge is 0.416 e. The molecule has 0 N–H and O–H groups in total. The van der Waals surface area contributed by atoms with Gasteiger partial charge in [0.1, 0.15) is 12.7 Å². The Morgan fingerprint density at radius 2 is 2.05 bits per heavy atom. The van der Waals surface area contributed by atoms with Crippen LogP contribution in [0.3, 0.4) is 0 Å². The van der Waals surface area contributed by atoms with E-state index in [4.69, 9.17) is 9.47 Å². The first-order valence-corrected chi connectivity index (χ1v) is 7.06. The Hall–Kier alpha value is -1.60. The van der Waals surface area contributed by atoms with Crippen LogP contribution in [0.1, 0.15) is 24.2 Å². The first-order chi connectivity index (χ1) is 10.4. The van der Waals surface area contributed by atoms with Crippen molar-refractivity contribution in [3.8, 4) is 0 Å². The maximum Gasteiger partial charge on any atom is 0.416 e. The molecule has 1 aliphatic heterocycles. The lowest BCUT2D eigenvalue weighted by molar-refractivity contribution is -0.143. The van der Waals surface area contributed by atoms with Crippen LogP contribution in [0.5, 0.6) is 0 Å². The van der Waals surface area contributed by atoms with Gasteiger partial charge in [0.15, 0.2) is 0 Å². The number of hydrogen-bond acceptors (Lipinski definition) is 3. The minimum Gasteiger partial charge on any atom is -0.372 e. The van der Waals surface area contributed by atoms with Crippen LogP contribution >= 0.6 is 0 Å². The van der Waals surface area contributed by atoms with Crippen LogP contribution in [0, 0.1) is 0 Å². The van der Waals surface area contributed by atoms with Gasteiger partial charge >= 0.3 is 6.18 Å². The SMILES string of the molecule is CCOCC(=O)N1CCO[C@@H](c2ccc(C(F)(F)F)cc2)C1. The van der Waals surface area contributed by atoms with E-state index in [1.165, 1.54) is 12.1 Å². The minimum atomic E-state index is -4.36. The van der Waals surface area contributed by atoms with E-state index in [-0.39, 0.29) is 12.5 Å². The summed E-state index contributed by atoms with van der Waals surface area (Å²) in [7, 11) is 0. The van der Waals surface area contributed by atoms with E-state index >= 15 is 0 Å². The molecule has 0 aromatic heterocycles. The summed E-state index contributed by atoms with van der Waals surface area (Å²) in [6.45, 7) is 3.40. The molecule has 7 heteroatoms. The van der Waals surface area contributed by atoms with E-state index in [9.17, 15) is 18.0 Å². The summed E-state index contributed by atoms with van der Waals surface area (Å²) in [5, 5.41) is 0. The van der Waals surface area contributed by atoms with Crippen molar-refractivity contribution in [2.75, 3.05) is 32.9 Å². The fourth-order valence-corrected chi connectivity index (χ4v) is 2.24. The number of alkyl halides is 3. The third-order valence-corrected chi connectivity index (χ3v) is 3.46. The molecule has 1 fully saturated rings. The quantitative estimate of drug-likeness (QED) is 0.857. The summed E-state index contributed by atoms with van der Waals surface area (Å²) < 4.78 is 48.3. The van der Waals surface area contributed by atoms with Crippen LogP contribution in [-0.4, -0.2) is 43.7 Å². The highest BCUT2D eigenvalue weighted by Gasteiger charge is 2.31. The number of hydrogen-bond donors (Lipinski definition) is 0. The molecule has 1 amide bonds. The van der Waals surface area contributed by atoms with E-state index in [1.54, 1.807) is 11.8 Å². The fraction of sp³-hybridized carbons (Fsp3) is 0.533. The van der Waals surface area contributed by atoms with Crippen LogP contribution in [0.25, 0.3) is 0 Å². The van der Waals surface area contributed by atoms with Crippen molar-refractivity contribution in [2.24, 2.45) is 0 Å². The highest BCUT2D eigenvalue weighted by atomic mass is 19.4. The maximum absolute atomic E-state index is 12.6. The molecule has 0 bridgehead atoms. The molecule has 1 heterocycles. The molecule has 1 aliphatic rings. The van der Waals surface area contributed by atoms with Gasteiger partial charge in [-0.2, -0.15) is 13.2 Å². The molecule has 0 aliphatic carbocycles. The molecule has 2 rings (SSSR count). The highest BCUT2D eigenvalue weighted by Crippen LogP contribution is 2.31. The number of morpholine rings is 1. The lowest BCUT2D eigenvalue weighted by Crippen LogP contribution is -2.43. The number of nitrogens with zero attached hydrogens (tertiary/aromatic N) is 1.